The molecular formula is C11H11Br2NO4. The quantitative estimate of drug-likeness (QED) is 0.787. The lowest BCUT2D eigenvalue weighted by atomic mass is 10.1. The van der Waals surface area contributed by atoms with Crippen LogP contribution in [0.1, 0.15) is 6.92 Å². The number of carboxylic acid groups (broad SMARTS) is 1. The van der Waals surface area contributed by atoms with E-state index in [1.54, 1.807) is 12.1 Å². The van der Waals surface area contributed by atoms with Crippen molar-refractivity contribution in [2.45, 2.75) is 6.92 Å². The van der Waals surface area contributed by atoms with Gasteiger partial charge in [-0.2, -0.15) is 0 Å². The highest BCUT2D eigenvalue weighted by Gasteiger charge is 2.21. The van der Waals surface area contributed by atoms with Crippen LogP contribution in [0.3, 0.4) is 0 Å². The number of rotatable bonds is 4. The zero-order chi connectivity index (χ0) is 13.9. The lowest BCUT2D eigenvalue weighted by Crippen LogP contribution is -2.27. The molecule has 0 bridgehead atoms. The van der Waals surface area contributed by atoms with Crippen LogP contribution in [0.25, 0.3) is 0 Å². The van der Waals surface area contributed by atoms with Gasteiger partial charge in [0.05, 0.1) is 17.3 Å². The third kappa shape index (κ3) is 3.46. The van der Waals surface area contributed by atoms with Crippen LogP contribution in [0.15, 0.2) is 21.1 Å². The van der Waals surface area contributed by atoms with Crippen LogP contribution in [-0.2, 0) is 9.59 Å². The Morgan fingerprint density at radius 3 is 2.44 bits per heavy atom. The predicted molar refractivity (Wildman–Crippen MR) is 73.8 cm³/mol. The van der Waals surface area contributed by atoms with Crippen LogP contribution in [0, 0.1) is 5.92 Å². The number of anilines is 1. The summed E-state index contributed by atoms with van der Waals surface area (Å²) >= 11 is 6.58. The van der Waals surface area contributed by atoms with Gasteiger partial charge in [0.1, 0.15) is 11.7 Å². The van der Waals surface area contributed by atoms with Crippen molar-refractivity contribution < 1.29 is 19.4 Å². The minimum Gasteiger partial charge on any atom is -0.495 e. The van der Waals surface area contributed by atoms with Crippen molar-refractivity contribution in [3.05, 3.63) is 21.1 Å². The van der Waals surface area contributed by atoms with Crippen molar-refractivity contribution in [3.8, 4) is 5.75 Å². The van der Waals surface area contributed by atoms with Gasteiger partial charge < -0.3 is 15.2 Å². The third-order valence-corrected chi connectivity index (χ3v) is 3.54. The summed E-state index contributed by atoms with van der Waals surface area (Å²) in [6.45, 7) is 1.32. The lowest BCUT2D eigenvalue weighted by molar-refractivity contribution is -0.144. The molecule has 0 radical (unpaired) electrons. The van der Waals surface area contributed by atoms with Gasteiger partial charge in [-0.25, -0.2) is 0 Å². The van der Waals surface area contributed by atoms with Gasteiger partial charge in [0, 0.05) is 10.5 Å². The number of aliphatic carboxylic acids is 1. The molecule has 0 fully saturated rings. The molecule has 1 rings (SSSR count). The van der Waals surface area contributed by atoms with Gasteiger partial charge in [-0.05, 0) is 44.8 Å². The van der Waals surface area contributed by atoms with E-state index in [0.29, 0.717) is 15.9 Å². The maximum Gasteiger partial charge on any atom is 0.315 e. The molecule has 1 aromatic rings. The van der Waals surface area contributed by atoms with E-state index in [1.807, 2.05) is 0 Å². The number of hydrogen-bond acceptors (Lipinski definition) is 3. The number of halogens is 2. The van der Waals surface area contributed by atoms with Gasteiger partial charge in [-0.1, -0.05) is 0 Å². The standard InChI is InChI=1S/C11H11Br2NO4/c1-5(11(16)17)10(15)14-8-4-9(18-2)7(13)3-6(8)12/h3-5H,1-2H3,(H,14,15)(H,16,17). The molecule has 1 unspecified atom stereocenters. The Morgan fingerprint density at radius 1 is 1.33 bits per heavy atom. The van der Waals surface area contributed by atoms with Gasteiger partial charge in [0.2, 0.25) is 5.91 Å². The minimum absolute atomic E-state index is 0.452. The highest BCUT2D eigenvalue weighted by atomic mass is 79.9. The van der Waals surface area contributed by atoms with Crippen LogP contribution in [0.2, 0.25) is 0 Å². The van der Waals surface area contributed by atoms with Crippen LogP contribution < -0.4 is 10.1 Å². The van der Waals surface area contributed by atoms with Gasteiger partial charge in [0.15, 0.2) is 0 Å². The first kappa shape index (κ1) is 15.0. The fourth-order valence-electron chi connectivity index (χ4n) is 1.13. The van der Waals surface area contributed by atoms with Crippen LogP contribution in [0.4, 0.5) is 5.69 Å². The zero-order valence-electron chi connectivity index (χ0n) is 9.66. The average Bonchev–Trinajstić information content (AvgIpc) is 2.31. The van der Waals surface area contributed by atoms with E-state index in [2.05, 4.69) is 37.2 Å². The number of carboxylic acids is 1. The second kappa shape index (κ2) is 6.19. The molecule has 0 saturated heterocycles. The molecule has 0 aliphatic rings. The minimum atomic E-state index is -1.17. The number of carbonyl (C=O) groups excluding carboxylic acids is 1. The monoisotopic (exact) mass is 379 g/mol. The highest BCUT2D eigenvalue weighted by molar-refractivity contribution is 9.11. The van der Waals surface area contributed by atoms with E-state index in [4.69, 9.17) is 9.84 Å². The third-order valence-electron chi connectivity index (χ3n) is 2.26. The number of benzene rings is 1. The highest BCUT2D eigenvalue weighted by Crippen LogP contribution is 2.34. The molecule has 0 spiro atoms. The number of methoxy groups -OCH3 is 1. The van der Waals surface area contributed by atoms with Crippen LogP contribution in [0.5, 0.6) is 5.75 Å². The zero-order valence-corrected chi connectivity index (χ0v) is 12.8. The fraction of sp³-hybridized carbons (Fsp3) is 0.273. The predicted octanol–water partition coefficient (Wildman–Crippen LogP) is 2.88. The van der Waals surface area contributed by atoms with Crippen molar-refractivity contribution >= 4 is 49.4 Å². The Balaban J connectivity index is 2.97. The topological polar surface area (TPSA) is 75.6 Å². The maximum atomic E-state index is 11.6. The van der Waals surface area contributed by atoms with E-state index < -0.39 is 17.8 Å². The molecule has 1 aromatic carbocycles. The first-order valence-corrected chi connectivity index (χ1v) is 6.52. The van der Waals surface area contributed by atoms with Crippen LogP contribution >= 0.6 is 31.9 Å². The Hall–Kier alpha value is -1.08. The fourth-order valence-corrected chi connectivity index (χ4v) is 2.39. The Bertz CT molecular complexity index is 490. The molecule has 5 nitrogen and oxygen atoms in total. The summed E-state index contributed by atoms with van der Waals surface area (Å²) < 4.78 is 6.44. The molecular weight excluding hydrogens is 370 g/mol. The summed E-state index contributed by atoms with van der Waals surface area (Å²) in [6.07, 6.45) is 0. The largest absolute Gasteiger partial charge is 0.495 e. The van der Waals surface area contributed by atoms with Gasteiger partial charge in [-0.15, -0.1) is 0 Å². The van der Waals surface area contributed by atoms with E-state index in [0.717, 1.165) is 4.47 Å². The Morgan fingerprint density at radius 2 is 1.94 bits per heavy atom. The number of ether oxygens (including phenoxy) is 1. The van der Waals surface area contributed by atoms with Gasteiger partial charge in [-0.3, -0.25) is 9.59 Å². The molecule has 2 N–H and O–H groups in total. The van der Waals surface area contributed by atoms with Crippen molar-refractivity contribution in [1.82, 2.24) is 0 Å². The normalized spacial score (nSPS) is 11.8. The van der Waals surface area contributed by atoms with E-state index in [9.17, 15) is 9.59 Å². The lowest BCUT2D eigenvalue weighted by Gasteiger charge is -2.12. The van der Waals surface area contributed by atoms with Crippen molar-refractivity contribution in [3.63, 3.8) is 0 Å². The van der Waals surface area contributed by atoms with E-state index in [-0.39, 0.29) is 0 Å². The molecule has 1 amide bonds. The van der Waals surface area contributed by atoms with E-state index in [1.165, 1.54) is 14.0 Å². The molecule has 7 heteroatoms. The molecule has 0 aromatic heterocycles. The Kier molecular flexibility index (Phi) is 5.15. The van der Waals surface area contributed by atoms with E-state index >= 15 is 0 Å². The second-order valence-electron chi connectivity index (χ2n) is 3.52. The number of hydrogen-bond donors (Lipinski definition) is 2. The molecule has 98 valence electrons. The molecule has 18 heavy (non-hydrogen) atoms. The molecule has 0 aliphatic heterocycles. The number of amides is 1. The molecule has 0 saturated carbocycles. The molecule has 1 atom stereocenters. The van der Waals surface area contributed by atoms with Gasteiger partial charge in [0.25, 0.3) is 0 Å². The summed E-state index contributed by atoms with van der Waals surface area (Å²) in [6, 6.07) is 3.31. The van der Waals surface area contributed by atoms with Gasteiger partial charge >= 0.3 is 5.97 Å². The molecule has 0 aliphatic carbocycles. The van der Waals surface area contributed by atoms with Crippen molar-refractivity contribution in [2.75, 3.05) is 12.4 Å². The van der Waals surface area contributed by atoms with Crippen molar-refractivity contribution in [1.29, 1.82) is 0 Å². The summed E-state index contributed by atoms with van der Waals surface area (Å²) in [5, 5.41) is 11.3. The second-order valence-corrected chi connectivity index (χ2v) is 5.22. The number of carbonyl (C=O) groups is 2. The summed E-state index contributed by atoms with van der Waals surface area (Å²) in [4.78, 5) is 22.3. The number of nitrogens with one attached hydrogen (secondary N) is 1. The summed E-state index contributed by atoms with van der Waals surface area (Å²) in [5.74, 6) is -2.34. The molecule has 0 heterocycles. The van der Waals surface area contributed by atoms with Crippen molar-refractivity contribution in [2.24, 2.45) is 5.92 Å². The Labute approximate surface area is 121 Å². The SMILES string of the molecule is COc1cc(NC(=O)C(C)C(=O)O)c(Br)cc1Br. The smallest absolute Gasteiger partial charge is 0.315 e. The van der Waals surface area contributed by atoms with Crippen LogP contribution in [-0.4, -0.2) is 24.1 Å². The summed E-state index contributed by atoms with van der Waals surface area (Å²) in [5.41, 5.74) is 0.452. The first-order chi connectivity index (χ1) is 8.36. The maximum absolute atomic E-state index is 11.6. The summed E-state index contributed by atoms with van der Waals surface area (Å²) in [7, 11) is 1.50. The first-order valence-electron chi connectivity index (χ1n) is 4.93. The average molecular weight is 381 g/mol.